The van der Waals surface area contributed by atoms with E-state index >= 15 is 0 Å². The summed E-state index contributed by atoms with van der Waals surface area (Å²) >= 11 is 0. The number of nitrogens with one attached hydrogen (secondary N) is 2. The third-order valence-corrected chi connectivity index (χ3v) is 6.76. The fourth-order valence-corrected chi connectivity index (χ4v) is 4.80. The third-order valence-electron chi connectivity index (χ3n) is 4.75. The van der Waals surface area contributed by atoms with E-state index in [0.29, 0.717) is 19.4 Å². The van der Waals surface area contributed by atoms with Crippen molar-refractivity contribution in [3.63, 3.8) is 0 Å². The normalized spacial score (nSPS) is 24.0. The van der Waals surface area contributed by atoms with Gasteiger partial charge in [-0.3, -0.25) is 4.79 Å². The molecular weight excluding hydrogens is 328 g/mol. The molecule has 2 saturated carbocycles. The SMILES string of the molecule is O=C(NCCc1ccc(O)cc1)[C@H]1CC[C@@H](NS(=O)(=O)C2CC2)C1. The molecule has 1 aromatic rings. The van der Waals surface area contributed by atoms with Crippen LogP contribution < -0.4 is 10.0 Å². The number of rotatable bonds is 7. The first-order chi connectivity index (χ1) is 11.4. The van der Waals surface area contributed by atoms with Gasteiger partial charge in [-0.05, 0) is 56.2 Å². The number of benzene rings is 1. The van der Waals surface area contributed by atoms with Gasteiger partial charge in [0.05, 0.1) is 5.25 Å². The molecule has 24 heavy (non-hydrogen) atoms. The van der Waals surface area contributed by atoms with Crippen molar-refractivity contribution in [1.29, 1.82) is 0 Å². The fraction of sp³-hybridized carbons (Fsp3) is 0.588. The van der Waals surface area contributed by atoms with Crippen molar-refractivity contribution in [1.82, 2.24) is 10.0 Å². The lowest BCUT2D eigenvalue weighted by atomic mass is 10.1. The van der Waals surface area contributed by atoms with E-state index in [0.717, 1.165) is 31.2 Å². The highest BCUT2D eigenvalue weighted by atomic mass is 32.2. The van der Waals surface area contributed by atoms with Gasteiger partial charge in [-0.2, -0.15) is 0 Å². The Balaban J connectivity index is 1.40. The zero-order chi connectivity index (χ0) is 17.2. The van der Waals surface area contributed by atoms with Crippen LogP contribution >= 0.6 is 0 Å². The second-order valence-electron chi connectivity index (χ2n) is 6.78. The minimum atomic E-state index is -3.18. The van der Waals surface area contributed by atoms with Crippen LogP contribution in [-0.2, 0) is 21.2 Å². The van der Waals surface area contributed by atoms with Crippen molar-refractivity contribution < 1.29 is 18.3 Å². The smallest absolute Gasteiger partial charge is 0.223 e. The molecule has 2 aliphatic carbocycles. The Kier molecular flexibility index (Phi) is 5.10. The van der Waals surface area contributed by atoms with Gasteiger partial charge in [0.2, 0.25) is 15.9 Å². The lowest BCUT2D eigenvalue weighted by molar-refractivity contribution is -0.124. The first-order valence-electron chi connectivity index (χ1n) is 8.51. The molecule has 0 bridgehead atoms. The molecule has 0 radical (unpaired) electrons. The summed E-state index contributed by atoms with van der Waals surface area (Å²) in [5.41, 5.74) is 1.05. The van der Waals surface area contributed by atoms with Crippen molar-refractivity contribution in [2.24, 2.45) is 5.92 Å². The lowest BCUT2D eigenvalue weighted by Crippen LogP contribution is -2.37. The summed E-state index contributed by atoms with van der Waals surface area (Å²) < 4.78 is 26.7. The maximum atomic E-state index is 12.2. The molecule has 2 aliphatic rings. The van der Waals surface area contributed by atoms with Crippen molar-refractivity contribution in [3.8, 4) is 5.75 Å². The van der Waals surface area contributed by atoms with Crippen molar-refractivity contribution >= 4 is 15.9 Å². The Hall–Kier alpha value is -1.60. The lowest BCUT2D eigenvalue weighted by Gasteiger charge is -2.14. The van der Waals surface area contributed by atoms with E-state index < -0.39 is 10.0 Å². The third kappa shape index (κ3) is 4.48. The van der Waals surface area contributed by atoms with Gasteiger partial charge in [0.25, 0.3) is 0 Å². The standard InChI is InChI=1S/C17H24N2O4S/c20-15-5-1-12(2-6-15)9-10-18-17(21)13-3-4-14(11-13)19-24(22,23)16-7-8-16/h1-2,5-6,13-14,16,19-20H,3-4,7-11H2,(H,18,21)/t13-,14+/m0/s1. The number of carbonyl (C=O) groups excluding carboxylic acids is 1. The Labute approximate surface area is 142 Å². The summed E-state index contributed by atoms with van der Waals surface area (Å²) in [6.45, 7) is 0.540. The van der Waals surface area contributed by atoms with Gasteiger partial charge >= 0.3 is 0 Å². The number of phenolic OH excluding ortho intramolecular Hbond substituents is 1. The summed E-state index contributed by atoms with van der Waals surface area (Å²) in [5.74, 6) is 0.118. The minimum Gasteiger partial charge on any atom is -0.508 e. The number of carbonyl (C=O) groups is 1. The molecule has 1 amide bonds. The highest BCUT2D eigenvalue weighted by molar-refractivity contribution is 7.90. The molecule has 2 fully saturated rings. The maximum absolute atomic E-state index is 12.2. The van der Waals surface area contributed by atoms with Crippen LogP contribution in [0.15, 0.2) is 24.3 Å². The van der Waals surface area contributed by atoms with Crippen LogP contribution in [0.4, 0.5) is 0 Å². The first kappa shape index (κ1) is 17.2. The Morgan fingerprint density at radius 3 is 2.50 bits per heavy atom. The molecule has 1 aromatic carbocycles. The fourth-order valence-electron chi connectivity index (χ4n) is 3.17. The zero-order valence-corrected chi connectivity index (χ0v) is 14.4. The average Bonchev–Trinajstić information content (AvgIpc) is 3.31. The molecular formula is C17H24N2O4S. The largest absolute Gasteiger partial charge is 0.508 e. The summed E-state index contributed by atoms with van der Waals surface area (Å²) in [6, 6.07) is 6.82. The second kappa shape index (κ2) is 7.11. The predicted molar refractivity (Wildman–Crippen MR) is 91.0 cm³/mol. The molecule has 132 valence electrons. The van der Waals surface area contributed by atoms with Crippen LogP contribution in [0.3, 0.4) is 0 Å². The molecule has 2 atom stereocenters. The number of amides is 1. The molecule has 0 spiro atoms. The van der Waals surface area contributed by atoms with Crippen molar-refractivity contribution in [2.75, 3.05) is 6.54 Å². The molecule has 0 heterocycles. The Morgan fingerprint density at radius 2 is 1.83 bits per heavy atom. The van der Waals surface area contributed by atoms with Crippen molar-refractivity contribution in [2.45, 2.75) is 49.8 Å². The van der Waals surface area contributed by atoms with Crippen molar-refractivity contribution in [3.05, 3.63) is 29.8 Å². The predicted octanol–water partition coefficient (Wildman–Crippen LogP) is 1.30. The monoisotopic (exact) mass is 352 g/mol. The molecule has 0 saturated heterocycles. The van der Waals surface area contributed by atoms with E-state index in [4.69, 9.17) is 0 Å². The van der Waals surface area contributed by atoms with Crippen LogP contribution in [0.1, 0.15) is 37.7 Å². The van der Waals surface area contributed by atoms with Gasteiger partial charge in [0, 0.05) is 18.5 Å². The molecule has 7 heteroatoms. The average molecular weight is 352 g/mol. The molecule has 0 aliphatic heterocycles. The van der Waals surface area contributed by atoms with Gasteiger partial charge in [-0.25, -0.2) is 13.1 Å². The summed E-state index contributed by atoms with van der Waals surface area (Å²) in [5, 5.41) is 12.0. The zero-order valence-electron chi connectivity index (χ0n) is 13.6. The van der Waals surface area contributed by atoms with E-state index in [1.807, 2.05) is 12.1 Å². The minimum absolute atomic E-state index is 0.00176. The van der Waals surface area contributed by atoms with Crippen LogP contribution in [0.25, 0.3) is 0 Å². The molecule has 0 unspecified atom stereocenters. The van der Waals surface area contributed by atoms with Crippen LogP contribution in [-0.4, -0.2) is 37.3 Å². The summed E-state index contributed by atoms with van der Waals surface area (Å²) in [6.07, 6.45) is 4.24. The molecule has 3 N–H and O–H groups in total. The van der Waals surface area contributed by atoms with Gasteiger partial charge in [0.1, 0.15) is 5.75 Å². The number of hydrogen-bond acceptors (Lipinski definition) is 4. The number of hydrogen-bond donors (Lipinski definition) is 3. The first-order valence-corrected chi connectivity index (χ1v) is 10.1. The maximum Gasteiger partial charge on any atom is 0.223 e. The van der Waals surface area contributed by atoms with Crippen LogP contribution in [0, 0.1) is 5.92 Å². The number of sulfonamides is 1. The Bertz CT molecular complexity index is 683. The highest BCUT2D eigenvalue weighted by Gasteiger charge is 2.39. The number of phenols is 1. The summed E-state index contributed by atoms with van der Waals surface area (Å²) in [7, 11) is -3.18. The van der Waals surface area contributed by atoms with Gasteiger partial charge in [0.15, 0.2) is 0 Å². The van der Waals surface area contributed by atoms with E-state index in [9.17, 15) is 18.3 Å². The quantitative estimate of drug-likeness (QED) is 0.689. The molecule has 0 aromatic heterocycles. The van der Waals surface area contributed by atoms with E-state index in [1.54, 1.807) is 12.1 Å². The molecule has 3 rings (SSSR count). The van der Waals surface area contributed by atoms with Crippen LogP contribution in [0.5, 0.6) is 5.75 Å². The van der Waals surface area contributed by atoms with E-state index in [1.165, 1.54) is 0 Å². The van der Waals surface area contributed by atoms with Crippen LogP contribution in [0.2, 0.25) is 0 Å². The topological polar surface area (TPSA) is 95.5 Å². The van der Waals surface area contributed by atoms with E-state index in [-0.39, 0.29) is 28.9 Å². The number of aromatic hydroxyl groups is 1. The van der Waals surface area contributed by atoms with E-state index in [2.05, 4.69) is 10.0 Å². The Morgan fingerprint density at radius 1 is 1.12 bits per heavy atom. The van der Waals surface area contributed by atoms with Gasteiger partial charge < -0.3 is 10.4 Å². The molecule has 6 nitrogen and oxygen atoms in total. The van der Waals surface area contributed by atoms with Gasteiger partial charge in [-0.1, -0.05) is 12.1 Å². The highest BCUT2D eigenvalue weighted by Crippen LogP contribution is 2.31. The summed E-state index contributed by atoms with van der Waals surface area (Å²) in [4.78, 5) is 12.2. The van der Waals surface area contributed by atoms with Gasteiger partial charge in [-0.15, -0.1) is 0 Å². The second-order valence-corrected chi connectivity index (χ2v) is 8.77.